The summed E-state index contributed by atoms with van der Waals surface area (Å²) in [4.78, 5) is 14.3. The lowest BCUT2D eigenvalue weighted by atomic mass is 10.2. The normalized spacial score (nSPS) is 10.4. The fourth-order valence-electron chi connectivity index (χ4n) is 0.773. The number of carboxylic acid groups (broad SMARTS) is 1. The molecule has 0 radical (unpaired) electrons. The first-order valence-corrected chi connectivity index (χ1v) is 3.52. The number of hydrogen-bond acceptors (Lipinski definition) is 2. The maximum absolute atomic E-state index is 10.4. The molecule has 0 aliphatic carbocycles. The Morgan fingerprint density at radius 3 is 2.77 bits per heavy atom. The van der Waals surface area contributed by atoms with Crippen LogP contribution in [0.2, 0.25) is 0 Å². The van der Waals surface area contributed by atoms with Crippen LogP contribution in [0.15, 0.2) is 30.1 Å². The van der Waals surface area contributed by atoms with Gasteiger partial charge in [-0.25, -0.2) is 4.79 Å². The number of hydrogen-bond donors (Lipinski definition) is 1. The van der Waals surface area contributed by atoms with E-state index in [0.717, 1.165) is 5.56 Å². The quantitative estimate of drug-likeness (QED) is 0.742. The number of aliphatic carboxylic acids is 1. The predicted octanol–water partition coefficient (Wildman–Crippen LogP) is 1.99. The molecule has 0 aliphatic heterocycles. The first-order valence-electron chi connectivity index (χ1n) is 3.52. The van der Waals surface area contributed by atoms with Gasteiger partial charge in [-0.3, -0.25) is 4.98 Å². The molecule has 0 saturated heterocycles. The summed E-state index contributed by atoms with van der Waals surface area (Å²) < 4.78 is 0. The molecular formula is C9H10ClNO2. The van der Waals surface area contributed by atoms with Crippen LogP contribution < -0.4 is 0 Å². The van der Waals surface area contributed by atoms with Crippen molar-refractivity contribution < 1.29 is 9.90 Å². The van der Waals surface area contributed by atoms with Crippen molar-refractivity contribution in [2.24, 2.45) is 0 Å². The SMILES string of the molecule is C/C(=C\c1cccnc1)C(=O)O.Cl. The van der Waals surface area contributed by atoms with Crippen LogP contribution in [0.25, 0.3) is 6.08 Å². The van der Waals surface area contributed by atoms with Crippen LogP contribution in [0.4, 0.5) is 0 Å². The number of aromatic nitrogens is 1. The Kier molecular flexibility index (Phi) is 4.77. The van der Waals surface area contributed by atoms with Crippen molar-refractivity contribution in [3.05, 3.63) is 35.7 Å². The molecule has 3 nitrogen and oxygen atoms in total. The molecule has 0 aliphatic rings. The molecule has 1 heterocycles. The molecule has 0 spiro atoms. The molecule has 0 unspecified atom stereocenters. The first-order chi connectivity index (χ1) is 5.70. The summed E-state index contributed by atoms with van der Waals surface area (Å²) in [6.07, 6.45) is 4.84. The molecule has 1 N–H and O–H groups in total. The molecule has 0 aromatic carbocycles. The highest BCUT2D eigenvalue weighted by Gasteiger charge is 1.98. The van der Waals surface area contributed by atoms with Crippen molar-refractivity contribution in [3.63, 3.8) is 0 Å². The van der Waals surface area contributed by atoms with Gasteiger partial charge < -0.3 is 5.11 Å². The van der Waals surface area contributed by atoms with Gasteiger partial charge in [0.15, 0.2) is 0 Å². The minimum absolute atomic E-state index is 0. The van der Waals surface area contributed by atoms with Gasteiger partial charge in [-0.1, -0.05) is 6.07 Å². The number of nitrogens with zero attached hydrogens (tertiary/aromatic N) is 1. The summed E-state index contributed by atoms with van der Waals surface area (Å²) in [6, 6.07) is 3.57. The summed E-state index contributed by atoms with van der Waals surface area (Å²) in [5.74, 6) is -0.904. The maximum atomic E-state index is 10.4. The van der Waals surface area contributed by atoms with E-state index < -0.39 is 5.97 Å². The molecule has 0 bridgehead atoms. The Bertz CT molecular complexity index is 309. The monoisotopic (exact) mass is 199 g/mol. The first kappa shape index (κ1) is 11.6. The summed E-state index contributed by atoms with van der Waals surface area (Å²) >= 11 is 0. The van der Waals surface area contributed by atoms with E-state index in [9.17, 15) is 4.79 Å². The van der Waals surface area contributed by atoms with E-state index in [1.165, 1.54) is 0 Å². The van der Waals surface area contributed by atoms with E-state index in [2.05, 4.69) is 4.98 Å². The van der Waals surface area contributed by atoms with E-state index in [4.69, 9.17) is 5.11 Å². The average Bonchev–Trinajstić information content (AvgIpc) is 2.06. The van der Waals surface area contributed by atoms with E-state index in [1.807, 2.05) is 0 Å². The standard InChI is InChI=1S/C9H9NO2.ClH/c1-7(9(11)12)5-8-3-2-4-10-6-8;/h2-6H,1H3,(H,11,12);1H/b7-5+;. The van der Waals surface area contributed by atoms with Gasteiger partial charge >= 0.3 is 5.97 Å². The van der Waals surface area contributed by atoms with Gasteiger partial charge in [0.2, 0.25) is 0 Å². The Morgan fingerprint density at radius 1 is 1.62 bits per heavy atom. The number of carboxylic acids is 1. The van der Waals surface area contributed by atoms with Crippen molar-refractivity contribution in [2.75, 3.05) is 0 Å². The fraction of sp³-hybridized carbons (Fsp3) is 0.111. The predicted molar refractivity (Wildman–Crippen MR) is 52.8 cm³/mol. The molecule has 1 rings (SSSR count). The molecule has 4 heteroatoms. The lowest BCUT2D eigenvalue weighted by Crippen LogP contribution is -1.95. The number of halogens is 1. The molecule has 0 saturated carbocycles. The minimum atomic E-state index is -0.904. The van der Waals surface area contributed by atoms with Gasteiger partial charge in [0, 0.05) is 18.0 Å². The molecule has 13 heavy (non-hydrogen) atoms. The molecule has 0 atom stereocenters. The highest BCUT2D eigenvalue weighted by molar-refractivity contribution is 5.91. The zero-order chi connectivity index (χ0) is 8.97. The zero-order valence-corrected chi connectivity index (χ0v) is 7.91. The van der Waals surface area contributed by atoms with Crippen LogP contribution >= 0.6 is 12.4 Å². The number of carbonyl (C=O) groups is 1. The van der Waals surface area contributed by atoms with Gasteiger partial charge in [0.1, 0.15) is 0 Å². The maximum Gasteiger partial charge on any atom is 0.331 e. The van der Waals surface area contributed by atoms with E-state index in [0.29, 0.717) is 5.57 Å². The zero-order valence-electron chi connectivity index (χ0n) is 7.10. The van der Waals surface area contributed by atoms with Crippen LogP contribution in [-0.4, -0.2) is 16.1 Å². The Hall–Kier alpha value is -1.35. The van der Waals surface area contributed by atoms with Crippen molar-refractivity contribution >= 4 is 24.5 Å². The van der Waals surface area contributed by atoms with E-state index in [1.54, 1.807) is 37.5 Å². The largest absolute Gasteiger partial charge is 0.478 e. The van der Waals surface area contributed by atoms with E-state index >= 15 is 0 Å². The fourth-order valence-corrected chi connectivity index (χ4v) is 0.773. The summed E-state index contributed by atoms with van der Waals surface area (Å²) in [5, 5.41) is 8.55. The third-order valence-corrected chi connectivity index (χ3v) is 1.40. The van der Waals surface area contributed by atoms with Crippen LogP contribution in [-0.2, 0) is 4.79 Å². The summed E-state index contributed by atoms with van der Waals surface area (Å²) in [6.45, 7) is 1.55. The molecule has 70 valence electrons. The lowest BCUT2D eigenvalue weighted by molar-refractivity contribution is -0.132. The summed E-state index contributed by atoms with van der Waals surface area (Å²) in [5.41, 5.74) is 1.11. The third-order valence-electron chi connectivity index (χ3n) is 1.40. The Labute approximate surface area is 82.5 Å². The lowest BCUT2D eigenvalue weighted by Gasteiger charge is -1.93. The highest BCUT2D eigenvalue weighted by atomic mass is 35.5. The smallest absolute Gasteiger partial charge is 0.331 e. The van der Waals surface area contributed by atoms with Gasteiger partial charge in [-0.15, -0.1) is 12.4 Å². The Balaban J connectivity index is 0.00000144. The second kappa shape index (κ2) is 5.32. The summed E-state index contributed by atoms with van der Waals surface area (Å²) in [7, 11) is 0. The van der Waals surface area contributed by atoms with Crippen molar-refractivity contribution in [2.45, 2.75) is 6.92 Å². The van der Waals surface area contributed by atoms with Crippen molar-refractivity contribution in [1.82, 2.24) is 4.98 Å². The minimum Gasteiger partial charge on any atom is -0.478 e. The van der Waals surface area contributed by atoms with Crippen LogP contribution in [0, 0.1) is 0 Å². The number of rotatable bonds is 2. The van der Waals surface area contributed by atoms with Gasteiger partial charge in [-0.05, 0) is 24.6 Å². The second-order valence-corrected chi connectivity index (χ2v) is 2.42. The van der Waals surface area contributed by atoms with Crippen molar-refractivity contribution in [1.29, 1.82) is 0 Å². The number of pyridine rings is 1. The second-order valence-electron chi connectivity index (χ2n) is 2.42. The Morgan fingerprint density at radius 2 is 2.31 bits per heavy atom. The molecule has 1 aromatic rings. The molecule has 0 amide bonds. The molecule has 1 aromatic heterocycles. The van der Waals surface area contributed by atoms with Gasteiger partial charge in [-0.2, -0.15) is 0 Å². The van der Waals surface area contributed by atoms with Crippen LogP contribution in [0.3, 0.4) is 0 Å². The van der Waals surface area contributed by atoms with Gasteiger partial charge in [0.05, 0.1) is 0 Å². The molecular weight excluding hydrogens is 190 g/mol. The van der Waals surface area contributed by atoms with E-state index in [-0.39, 0.29) is 12.4 Å². The highest BCUT2D eigenvalue weighted by Crippen LogP contribution is 2.03. The van der Waals surface area contributed by atoms with Crippen LogP contribution in [0.1, 0.15) is 12.5 Å². The average molecular weight is 200 g/mol. The van der Waals surface area contributed by atoms with Gasteiger partial charge in [0.25, 0.3) is 0 Å². The van der Waals surface area contributed by atoms with Crippen molar-refractivity contribution in [3.8, 4) is 0 Å². The topological polar surface area (TPSA) is 50.2 Å². The third kappa shape index (κ3) is 3.71. The molecule has 0 fully saturated rings. The van der Waals surface area contributed by atoms with Crippen LogP contribution in [0.5, 0.6) is 0 Å².